The standard InChI is InChI=1S/C22H37N5O3/c1-2-23-21(24-19-17-4-13-30-20(17)22(19)5-3-6-22)27-9-7-25(8-10-27)16-18(28)26-11-14-29-15-12-26/h17,19-20H,2-16H2,1H3,(H,23,24). The molecule has 168 valence electrons. The van der Waals surface area contributed by atoms with Crippen molar-refractivity contribution in [3.63, 3.8) is 0 Å². The molecule has 3 unspecified atom stereocenters. The lowest BCUT2D eigenvalue weighted by molar-refractivity contribution is -0.171. The van der Waals surface area contributed by atoms with Crippen LogP contribution in [0.3, 0.4) is 0 Å². The molecule has 0 aromatic carbocycles. The van der Waals surface area contributed by atoms with E-state index >= 15 is 0 Å². The highest BCUT2D eigenvalue weighted by atomic mass is 16.5. The topological polar surface area (TPSA) is 69.6 Å². The quantitative estimate of drug-likeness (QED) is 0.525. The summed E-state index contributed by atoms with van der Waals surface area (Å²) >= 11 is 0. The zero-order chi connectivity index (χ0) is 20.6. The summed E-state index contributed by atoms with van der Waals surface area (Å²) < 4.78 is 11.4. The van der Waals surface area contributed by atoms with Crippen LogP contribution in [0.1, 0.15) is 32.6 Å². The zero-order valence-corrected chi connectivity index (χ0v) is 18.4. The van der Waals surface area contributed by atoms with E-state index in [2.05, 4.69) is 22.0 Å². The summed E-state index contributed by atoms with van der Waals surface area (Å²) in [6.07, 6.45) is 5.59. The van der Waals surface area contributed by atoms with Gasteiger partial charge in [0.2, 0.25) is 5.91 Å². The molecule has 5 fully saturated rings. The van der Waals surface area contributed by atoms with Crippen LogP contribution in [0.5, 0.6) is 0 Å². The second-order valence-electron chi connectivity index (χ2n) is 9.51. The van der Waals surface area contributed by atoms with Crippen LogP contribution in [0.2, 0.25) is 0 Å². The van der Waals surface area contributed by atoms with Crippen molar-refractivity contribution in [3.8, 4) is 0 Å². The summed E-state index contributed by atoms with van der Waals surface area (Å²) in [5.74, 6) is 1.96. The molecule has 8 heteroatoms. The van der Waals surface area contributed by atoms with E-state index in [4.69, 9.17) is 14.5 Å². The Balaban J connectivity index is 1.15. The number of nitrogens with zero attached hydrogens (tertiary/aromatic N) is 4. The Morgan fingerprint density at radius 2 is 1.83 bits per heavy atom. The van der Waals surface area contributed by atoms with E-state index in [1.54, 1.807) is 0 Å². The molecule has 2 saturated carbocycles. The van der Waals surface area contributed by atoms with E-state index in [1.807, 2.05) is 4.90 Å². The Bertz CT molecular complexity index is 653. The predicted octanol–water partition coefficient (Wildman–Crippen LogP) is 0.386. The van der Waals surface area contributed by atoms with Crippen LogP contribution in [-0.4, -0.2) is 111 Å². The number of rotatable bonds is 4. The first-order valence-corrected chi connectivity index (χ1v) is 12.0. The lowest BCUT2D eigenvalue weighted by atomic mass is 9.46. The van der Waals surface area contributed by atoms with E-state index in [1.165, 1.54) is 25.7 Å². The van der Waals surface area contributed by atoms with Crippen molar-refractivity contribution in [2.75, 3.05) is 72.2 Å². The number of aliphatic imine (C=N–C) groups is 1. The molecule has 3 atom stereocenters. The van der Waals surface area contributed by atoms with Crippen LogP contribution in [0.25, 0.3) is 0 Å². The van der Waals surface area contributed by atoms with Gasteiger partial charge in [-0.05, 0) is 26.2 Å². The van der Waals surface area contributed by atoms with Gasteiger partial charge in [0.15, 0.2) is 5.96 Å². The van der Waals surface area contributed by atoms with Crippen molar-refractivity contribution in [3.05, 3.63) is 0 Å². The van der Waals surface area contributed by atoms with Gasteiger partial charge in [-0.25, -0.2) is 0 Å². The van der Waals surface area contributed by atoms with E-state index in [0.29, 0.717) is 43.2 Å². The van der Waals surface area contributed by atoms with Gasteiger partial charge in [0.05, 0.1) is 25.9 Å². The van der Waals surface area contributed by atoms with Crippen molar-refractivity contribution in [1.82, 2.24) is 20.0 Å². The predicted molar refractivity (Wildman–Crippen MR) is 114 cm³/mol. The molecule has 3 aliphatic heterocycles. The number of guanidine groups is 1. The Hall–Kier alpha value is -1.38. The van der Waals surface area contributed by atoms with Gasteiger partial charge < -0.3 is 24.6 Å². The van der Waals surface area contributed by atoms with Crippen molar-refractivity contribution in [2.45, 2.75) is 44.8 Å². The highest BCUT2D eigenvalue weighted by molar-refractivity contribution is 5.81. The molecule has 0 radical (unpaired) electrons. The highest BCUT2D eigenvalue weighted by Crippen LogP contribution is 2.62. The minimum absolute atomic E-state index is 0.237. The van der Waals surface area contributed by atoms with Crippen molar-refractivity contribution >= 4 is 11.9 Å². The van der Waals surface area contributed by atoms with Crippen LogP contribution in [0.4, 0.5) is 0 Å². The first kappa shape index (κ1) is 20.5. The summed E-state index contributed by atoms with van der Waals surface area (Å²) in [5, 5.41) is 3.88. The fourth-order valence-corrected chi connectivity index (χ4v) is 6.20. The van der Waals surface area contributed by atoms with Gasteiger partial charge in [-0.15, -0.1) is 0 Å². The van der Waals surface area contributed by atoms with Crippen molar-refractivity contribution in [1.29, 1.82) is 0 Å². The van der Waals surface area contributed by atoms with Gasteiger partial charge in [0.25, 0.3) is 0 Å². The van der Waals surface area contributed by atoms with Crippen LogP contribution in [0, 0.1) is 11.3 Å². The second kappa shape index (κ2) is 8.63. The smallest absolute Gasteiger partial charge is 0.236 e. The number of piperazine rings is 1. The average Bonchev–Trinajstić information content (AvgIpc) is 3.16. The first-order valence-electron chi connectivity index (χ1n) is 12.0. The third-order valence-corrected chi connectivity index (χ3v) is 8.02. The molecule has 8 nitrogen and oxygen atoms in total. The Labute approximate surface area is 179 Å². The molecule has 1 N–H and O–H groups in total. The number of carbonyl (C=O) groups excluding carboxylic acids is 1. The summed E-state index contributed by atoms with van der Waals surface area (Å²) in [5.41, 5.74) is 0.363. The molecular formula is C22H37N5O3. The number of hydrogen-bond acceptors (Lipinski definition) is 5. The van der Waals surface area contributed by atoms with Crippen LogP contribution in [-0.2, 0) is 14.3 Å². The SMILES string of the molecule is CCN=C(NC1C2CCOC2C12CCC2)N1CCN(CC(=O)N2CCOCC2)CC1. The van der Waals surface area contributed by atoms with Crippen LogP contribution < -0.4 is 5.32 Å². The summed E-state index contributed by atoms with van der Waals surface area (Å²) in [6, 6.07) is 0.518. The monoisotopic (exact) mass is 419 g/mol. The normalized spacial score (nSPS) is 33.8. The largest absolute Gasteiger partial charge is 0.378 e. The minimum atomic E-state index is 0.237. The molecular weight excluding hydrogens is 382 g/mol. The number of morpholine rings is 1. The van der Waals surface area contributed by atoms with E-state index in [0.717, 1.165) is 58.4 Å². The van der Waals surface area contributed by atoms with Gasteiger partial charge in [0.1, 0.15) is 0 Å². The molecule has 0 bridgehead atoms. The van der Waals surface area contributed by atoms with Crippen molar-refractivity contribution in [2.24, 2.45) is 16.3 Å². The van der Waals surface area contributed by atoms with Crippen molar-refractivity contribution < 1.29 is 14.3 Å². The van der Waals surface area contributed by atoms with E-state index in [9.17, 15) is 4.79 Å². The summed E-state index contributed by atoms with van der Waals surface area (Å²) in [6.45, 7) is 10.8. The summed E-state index contributed by atoms with van der Waals surface area (Å²) in [7, 11) is 0. The molecule has 1 spiro atoms. The van der Waals surface area contributed by atoms with Gasteiger partial charge in [-0.1, -0.05) is 6.42 Å². The molecule has 5 aliphatic rings. The maximum absolute atomic E-state index is 12.6. The first-order chi connectivity index (χ1) is 14.7. The number of fused-ring (bicyclic) bond motifs is 2. The highest BCUT2D eigenvalue weighted by Gasteiger charge is 2.66. The second-order valence-corrected chi connectivity index (χ2v) is 9.51. The average molecular weight is 420 g/mol. The fourth-order valence-electron chi connectivity index (χ4n) is 6.20. The molecule has 3 saturated heterocycles. The van der Waals surface area contributed by atoms with Crippen LogP contribution >= 0.6 is 0 Å². The van der Waals surface area contributed by atoms with Gasteiger partial charge in [0, 0.05) is 69.8 Å². The number of nitrogens with one attached hydrogen (secondary N) is 1. The molecule has 30 heavy (non-hydrogen) atoms. The maximum atomic E-state index is 12.6. The Morgan fingerprint density at radius 3 is 2.50 bits per heavy atom. The lowest BCUT2D eigenvalue weighted by Gasteiger charge is -2.63. The van der Waals surface area contributed by atoms with E-state index in [-0.39, 0.29) is 5.91 Å². The third kappa shape index (κ3) is 3.60. The number of carbonyl (C=O) groups is 1. The van der Waals surface area contributed by atoms with Crippen LogP contribution in [0.15, 0.2) is 4.99 Å². The van der Waals surface area contributed by atoms with Gasteiger partial charge in [-0.3, -0.25) is 14.7 Å². The molecule has 3 heterocycles. The molecule has 0 aromatic rings. The fraction of sp³-hybridized carbons (Fsp3) is 0.909. The minimum Gasteiger partial charge on any atom is -0.378 e. The van der Waals surface area contributed by atoms with E-state index < -0.39 is 0 Å². The number of amides is 1. The molecule has 1 amide bonds. The third-order valence-electron chi connectivity index (χ3n) is 8.02. The Kier molecular flexibility index (Phi) is 5.90. The maximum Gasteiger partial charge on any atom is 0.236 e. The Morgan fingerprint density at radius 1 is 1.07 bits per heavy atom. The number of hydrogen-bond donors (Lipinski definition) is 1. The zero-order valence-electron chi connectivity index (χ0n) is 18.4. The molecule has 0 aromatic heterocycles. The van der Waals surface area contributed by atoms with Gasteiger partial charge >= 0.3 is 0 Å². The van der Waals surface area contributed by atoms with Gasteiger partial charge in [-0.2, -0.15) is 0 Å². The summed E-state index contributed by atoms with van der Waals surface area (Å²) in [4.78, 5) is 24.0. The lowest BCUT2D eigenvalue weighted by Crippen LogP contribution is -2.73. The molecule has 5 rings (SSSR count). The number of ether oxygens (including phenoxy) is 2. The molecule has 2 aliphatic carbocycles.